The van der Waals surface area contributed by atoms with Gasteiger partial charge in [0, 0.05) is 22.8 Å². The Hall–Kier alpha value is -3.20. The molecule has 0 fully saturated rings. The maximum Gasteiger partial charge on any atom is 0.273 e. The maximum atomic E-state index is 11.0. The molecule has 0 aliphatic heterocycles. The highest BCUT2D eigenvalue weighted by atomic mass is 16.6. The highest BCUT2D eigenvalue weighted by Crippen LogP contribution is 2.37. The van der Waals surface area contributed by atoms with Crippen LogP contribution >= 0.6 is 0 Å². The second-order valence-electron chi connectivity index (χ2n) is 4.92. The number of methoxy groups -OCH3 is 3. The van der Waals surface area contributed by atoms with Crippen LogP contribution in [0, 0.1) is 28.9 Å². The van der Waals surface area contributed by atoms with Crippen LogP contribution in [0.3, 0.4) is 0 Å². The molecule has 2 aromatic carbocycles. The summed E-state index contributed by atoms with van der Waals surface area (Å²) in [6.45, 7) is 1.69. The quantitative estimate of drug-likeness (QED) is 0.489. The normalized spacial score (nSPS) is 9.67. The Labute approximate surface area is 140 Å². The molecule has 6 nitrogen and oxygen atoms in total. The SMILES string of the molecule is COc1cc(C#Cc2ccc(C)c([N+](=O)[O-])c2)cc(OC)c1OC. The minimum atomic E-state index is -0.417. The van der Waals surface area contributed by atoms with E-state index in [1.807, 2.05) is 0 Å². The minimum absolute atomic E-state index is 0.0479. The molecule has 0 aliphatic carbocycles. The lowest BCUT2D eigenvalue weighted by molar-refractivity contribution is -0.385. The van der Waals surface area contributed by atoms with Crippen LogP contribution in [-0.4, -0.2) is 26.3 Å². The molecular weight excluding hydrogens is 310 g/mol. The summed E-state index contributed by atoms with van der Waals surface area (Å²) in [5, 5.41) is 11.0. The molecule has 0 unspecified atom stereocenters. The third-order valence-electron chi connectivity index (χ3n) is 3.42. The highest BCUT2D eigenvalue weighted by Gasteiger charge is 2.12. The lowest BCUT2D eigenvalue weighted by Crippen LogP contribution is -1.95. The second-order valence-corrected chi connectivity index (χ2v) is 4.92. The Morgan fingerprint density at radius 3 is 2.00 bits per heavy atom. The predicted molar refractivity (Wildman–Crippen MR) is 89.9 cm³/mol. The molecule has 0 saturated heterocycles. The van der Waals surface area contributed by atoms with Crippen molar-refractivity contribution < 1.29 is 19.1 Å². The van der Waals surface area contributed by atoms with Gasteiger partial charge >= 0.3 is 0 Å². The van der Waals surface area contributed by atoms with Crippen LogP contribution in [-0.2, 0) is 0 Å². The number of nitro groups is 1. The van der Waals surface area contributed by atoms with Crippen molar-refractivity contribution in [3.8, 4) is 29.1 Å². The zero-order valence-electron chi connectivity index (χ0n) is 13.9. The van der Waals surface area contributed by atoms with Gasteiger partial charge in [-0.05, 0) is 25.1 Å². The molecule has 2 rings (SSSR count). The molecule has 0 aromatic heterocycles. The van der Waals surface area contributed by atoms with Crippen LogP contribution < -0.4 is 14.2 Å². The Bertz CT molecular complexity index is 808. The summed E-state index contributed by atoms with van der Waals surface area (Å²) in [7, 11) is 4.58. The van der Waals surface area contributed by atoms with E-state index in [1.54, 1.807) is 31.2 Å². The van der Waals surface area contributed by atoms with E-state index in [9.17, 15) is 10.1 Å². The molecule has 0 heterocycles. The van der Waals surface area contributed by atoms with Crippen molar-refractivity contribution in [3.05, 3.63) is 57.1 Å². The molecule has 0 radical (unpaired) electrons. The number of aryl methyl sites for hydroxylation is 1. The van der Waals surface area contributed by atoms with Crippen LogP contribution in [0.15, 0.2) is 30.3 Å². The van der Waals surface area contributed by atoms with E-state index < -0.39 is 4.92 Å². The van der Waals surface area contributed by atoms with Gasteiger partial charge in [0.2, 0.25) is 5.75 Å². The Morgan fingerprint density at radius 2 is 1.50 bits per heavy atom. The molecule has 2 aromatic rings. The van der Waals surface area contributed by atoms with Gasteiger partial charge in [-0.25, -0.2) is 0 Å². The first-order chi connectivity index (χ1) is 11.5. The molecule has 6 heteroatoms. The number of rotatable bonds is 4. The van der Waals surface area contributed by atoms with Crippen LogP contribution in [0.2, 0.25) is 0 Å². The van der Waals surface area contributed by atoms with Crippen LogP contribution in [0.5, 0.6) is 17.2 Å². The molecule has 0 saturated carbocycles. The first kappa shape index (κ1) is 17.2. The standard InChI is InChI=1S/C18H17NO5/c1-12-5-6-13(9-15(12)19(20)21)7-8-14-10-16(22-2)18(24-4)17(11-14)23-3/h5-6,9-11H,1-4H3. The lowest BCUT2D eigenvalue weighted by atomic mass is 10.1. The zero-order valence-corrected chi connectivity index (χ0v) is 13.9. The third kappa shape index (κ3) is 3.58. The fraction of sp³-hybridized carbons (Fsp3) is 0.222. The summed E-state index contributed by atoms with van der Waals surface area (Å²) in [5.74, 6) is 7.35. The molecule has 0 bridgehead atoms. The zero-order chi connectivity index (χ0) is 17.7. The van der Waals surface area contributed by atoms with E-state index in [4.69, 9.17) is 14.2 Å². The molecule has 0 aliphatic rings. The van der Waals surface area contributed by atoms with Gasteiger partial charge in [0.15, 0.2) is 11.5 Å². The van der Waals surface area contributed by atoms with Gasteiger partial charge in [0.1, 0.15) is 0 Å². The summed E-state index contributed by atoms with van der Waals surface area (Å²) in [6, 6.07) is 8.32. The fourth-order valence-corrected chi connectivity index (χ4v) is 2.18. The van der Waals surface area contributed by atoms with Crippen molar-refractivity contribution in [2.75, 3.05) is 21.3 Å². The van der Waals surface area contributed by atoms with Crippen molar-refractivity contribution in [1.29, 1.82) is 0 Å². The van der Waals surface area contributed by atoms with Gasteiger partial charge in [0.25, 0.3) is 5.69 Å². The monoisotopic (exact) mass is 327 g/mol. The molecule has 0 N–H and O–H groups in total. The topological polar surface area (TPSA) is 70.8 Å². The van der Waals surface area contributed by atoms with Gasteiger partial charge in [-0.2, -0.15) is 0 Å². The molecule has 24 heavy (non-hydrogen) atoms. The number of hydrogen-bond acceptors (Lipinski definition) is 5. The number of hydrogen-bond donors (Lipinski definition) is 0. The maximum absolute atomic E-state index is 11.0. The fourth-order valence-electron chi connectivity index (χ4n) is 2.18. The summed E-state index contributed by atoms with van der Waals surface area (Å²) < 4.78 is 15.8. The number of benzene rings is 2. The summed E-state index contributed by atoms with van der Waals surface area (Å²) in [6.07, 6.45) is 0. The average Bonchev–Trinajstić information content (AvgIpc) is 2.59. The van der Waals surface area contributed by atoms with Gasteiger partial charge in [-0.3, -0.25) is 10.1 Å². The van der Waals surface area contributed by atoms with Crippen molar-refractivity contribution in [1.82, 2.24) is 0 Å². The van der Waals surface area contributed by atoms with Gasteiger partial charge < -0.3 is 14.2 Å². The second kappa shape index (κ2) is 7.38. The first-order valence-corrected chi connectivity index (χ1v) is 7.07. The van der Waals surface area contributed by atoms with E-state index in [-0.39, 0.29) is 5.69 Å². The van der Waals surface area contributed by atoms with E-state index >= 15 is 0 Å². The largest absolute Gasteiger partial charge is 0.493 e. The smallest absolute Gasteiger partial charge is 0.273 e. The van der Waals surface area contributed by atoms with Crippen molar-refractivity contribution in [3.63, 3.8) is 0 Å². The summed E-state index contributed by atoms with van der Waals surface area (Å²) in [4.78, 5) is 10.6. The van der Waals surface area contributed by atoms with Gasteiger partial charge in [0.05, 0.1) is 26.3 Å². The van der Waals surface area contributed by atoms with Gasteiger partial charge in [-0.1, -0.05) is 17.9 Å². The molecular formula is C18H17NO5. The number of nitrogens with zero attached hydrogens (tertiary/aromatic N) is 1. The molecule has 0 atom stereocenters. The Kier molecular flexibility index (Phi) is 5.27. The van der Waals surface area contributed by atoms with Crippen LogP contribution in [0.25, 0.3) is 0 Å². The van der Waals surface area contributed by atoms with Crippen molar-refractivity contribution >= 4 is 5.69 Å². The summed E-state index contributed by atoms with van der Waals surface area (Å²) in [5.41, 5.74) is 1.85. The first-order valence-electron chi connectivity index (χ1n) is 7.07. The third-order valence-corrected chi connectivity index (χ3v) is 3.42. The van der Waals surface area contributed by atoms with Crippen LogP contribution in [0.1, 0.15) is 16.7 Å². The molecule has 124 valence electrons. The van der Waals surface area contributed by atoms with E-state index in [0.717, 1.165) is 0 Å². The van der Waals surface area contributed by atoms with Crippen molar-refractivity contribution in [2.24, 2.45) is 0 Å². The highest BCUT2D eigenvalue weighted by molar-refractivity contribution is 5.58. The van der Waals surface area contributed by atoms with E-state index in [0.29, 0.717) is 33.9 Å². The number of ether oxygens (including phenoxy) is 3. The Morgan fingerprint density at radius 1 is 0.917 bits per heavy atom. The van der Waals surface area contributed by atoms with E-state index in [1.165, 1.54) is 27.4 Å². The van der Waals surface area contributed by atoms with Crippen LogP contribution in [0.4, 0.5) is 5.69 Å². The molecule has 0 spiro atoms. The minimum Gasteiger partial charge on any atom is -0.493 e. The summed E-state index contributed by atoms with van der Waals surface area (Å²) >= 11 is 0. The van der Waals surface area contributed by atoms with E-state index in [2.05, 4.69) is 11.8 Å². The van der Waals surface area contributed by atoms with Crippen molar-refractivity contribution in [2.45, 2.75) is 6.92 Å². The Balaban J connectivity index is 2.44. The predicted octanol–water partition coefficient (Wildman–Crippen LogP) is 3.33. The lowest BCUT2D eigenvalue weighted by Gasteiger charge is -2.12. The van der Waals surface area contributed by atoms with Gasteiger partial charge in [-0.15, -0.1) is 0 Å². The average molecular weight is 327 g/mol. The number of nitro benzene ring substituents is 1. The molecule has 0 amide bonds.